The molecule has 1 heterocycles. The molecule has 7 heteroatoms. The normalized spacial score (nSPS) is 10.4. The Morgan fingerprint density at radius 1 is 1.13 bits per heavy atom. The van der Waals surface area contributed by atoms with Gasteiger partial charge in [-0.2, -0.15) is 0 Å². The molecular formula is C16H13N3O2S2. The van der Waals surface area contributed by atoms with Crippen molar-refractivity contribution in [2.75, 3.05) is 11.9 Å². The van der Waals surface area contributed by atoms with Gasteiger partial charge in [0.25, 0.3) is 5.91 Å². The number of hydrogen-bond donors (Lipinski definition) is 3. The van der Waals surface area contributed by atoms with Gasteiger partial charge in [0.1, 0.15) is 0 Å². The zero-order valence-corrected chi connectivity index (χ0v) is 13.6. The number of carbonyl (C=O) groups excluding carboxylic acids is 2. The van der Waals surface area contributed by atoms with E-state index in [4.69, 9.17) is 12.2 Å². The Kier molecular flexibility index (Phi) is 4.50. The second-order valence-corrected chi connectivity index (χ2v) is 6.54. The van der Waals surface area contributed by atoms with E-state index in [0.717, 1.165) is 10.2 Å². The molecule has 3 N–H and O–H groups in total. The smallest absolute Gasteiger partial charge is 0.251 e. The number of anilines is 1. The number of nitrogens with one attached hydrogen (secondary N) is 3. The largest absolute Gasteiger partial charge is 0.343 e. The highest BCUT2D eigenvalue weighted by Crippen LogP contribution is 2.23. The monoisotopic (exact) mass is 343 g/mol. The highest BCUT2D eigenvalue weighted by Gasteiger charge is 2.08. The van der Waals surface area contributed by atoms with Crippen LogP contribution in [0.1, 0.15) is 10.4 Å². The van der Waals surface area contributed by atoms with Crippen LogP contribution >= 0.6 is 23.6 Å². The summed E-state index contributed by atoms with van der Waals surface area (Å²) in [6.45, 7) is -0.0887. The number of hydrogen-bond acceptors (Lipinski definition) is 4. The van der Waals surface area contributed by atoms with E-state index < -0.39 is 0 Å². The summed E-state index contributed by atoms with van der Waals surface area (Å²) < 4.78 is 1.67. The molecule has 0 atom stereocenters. The van der Waals surface area contributed by atoms with E-state index >= 15 is 0 Å². The van der Waals surface area contributed by atoms with Crippen molar-refractivity contribution in [2.24, 2.45) is 0 Å². The zero-order valence-electron chi connectivity index (χ0n) is 12.0. The van der Waals surface area contributed by atoms with Crippen molar-refractivity contribution < 1.29 is 9.59 Å². The lowest BCUT2D eigenvalue weighted by Crippen LogP contribution is -2.32. The van der Waals surface area contributed by atoms with E-state index in [1.54, 1.807) is 30.3 Å². The van der Waals surface area contributed by atoms with Crippen molar-refractivity contribution in [3.05, 3.63) is 58.0 Å². The van der Waals surface area contributed by atoms with Crippen LogP contribution < -0.4 is 10.6 Å². The highest BCUT2D eigenvalue weighted by atomic mass is 32.1. The molecule has 3 rings (SSSR count). The minimum atomic E-state index is -0.284. The van der Waals surface area contributed by atoms with E-state index in [9.17, 15) is 9.59 Å². The first-order chi connectivity index (χ1) is 11.1. The lowest BCUT2D eigenvalue weighted by molar-refractivity contribution is -0.115. The summed E-state index contributed by atoms with van der Waals surface area (Å²) in [5, 5.41) is 5.34. The van der Waals surface area contributed by atoms with Crippen molar-refractivity contribution in [3.8, 4) is 0 Å². The Bertz CT molecular complexity index is 916. The van der Waals surface area contributed by atoms with Gasteiger partial charge in [-0.1, -0.05) is 18.2 Å². The minimum absolute atomic E-state index is 0.0887. The van der Waals surface area contributed by atoms with Gasteiger partial charge in [0, 0.05) is 11.3 Å². The number of fused-ring (bicyclic) bond motifs is 1. The Labute approximate surface area is 141 Å². The van der Waals surface area contributed by atoms with Crippen LogP contribution in [0.2, 0.25) is 0 Å². The fourth-order valence-electron chi connectivity index (χ4n) is 2.08. The molecule has 0 radical (unpaired) electrons. The molecule has 0 saturated carbocycles. The van der Waals surface area contributed by atoms with Gasteiger partial charge in [0.2, 0.25) is 5.91 Å². The zero-order chi connectivity index (χ0) is 16.2. The number of aromatic amines is 1. The van der Waals surface area contributed by atoms with Gasteiger partial charge in [-0.05, 0) is 42.5 Å². The molecule has 3 aromatic rings. The van der Waals surface area contributed by atoms with Crippen LogP contribution in [-0.4, -0.2) is 23.3 Å². The number of benzene rings is 2. The van der Waals surface area contributed by atoms with Gasteiger partial charge in [-0.25, -0.2) is 0 Å². The van der Waals surface area contributed by atoms with Gasteiger partial charge >= 0.3 is 0 Å². The summed E-state index contributed by atoms with van der Waals surface area (Å²) in [5.41, 5.74) is 2.13. The van der Waals surface area contributed by atoms with Crippen LogP contribution in [0, 0.1) is 3.95 Å². The fraction of sp³-hybridized carbons (Fsp3) is 0.0625. The topological polar surface area (TPSA) is 74.0 Å². The van der Waals surface area contributed by atoms with Crippen molar-refractivity contribution >= 4 is 51.3 Å². The number of carbonyl (C=O) groups is 2. The Hall–Kier alpha value is -2.51. The standard InChI is InChI=1S/C16H13N3O2S2/c20-14(9-17-15(21)10-4-2-1-3-5-10)18-11-6-7-12-13(8-11)23-16(22)19-12/h1-8H,9H2,(H,17,21)(H,18,20)(H,19,22). The summed E-state index contributed by atoms with van der Waals surface area (Å²) in [6.07, 6.45) is 0. The van der Waals surface area contributed by atoms with Crippen LogP contribution in [0.4, 0.5) is 5.69 Å². The average molecular weight is 343 g/mol. The first kappa shape index (κ1) is 15.4. The number of H-pyrrole nitrogens is 1. The SMILES string of the molecule is O=C(CNC(=O)c1ccccc1)Nc1ccc2[nH]c(=S)sc2c1. The third-order valence-corrected chi connectivity index (χ3v) is 4.35. The van der Waals surface area contributed by atoms with E-state index in [0.29, 0.717) is 15.2 Å². The first-order valence-corrected chi connectivity index (χ1v) is 8.10. The minimum Gasteiger partial charge on any atom is -0.343 e. The number of thiazole rings is 1. The quantitative estimate of drug-likeness (QED) is 0.636. The molecule has 0 aliphatic rings. The van der Waals surface area contributed by atoms with Crippen molar-refractivity contribution in [2.45, 2.75) is 0 Å². The van der Waals surface area contributed by atoms with E-state index in [-0.39, 0.29) is 18.4 Å². The molecule has 2 amide bonds. The van der Waals surface area contributed by atoms with Crippen LogP contribution in [0.3, 0.4) is 0 Å². The van der Waals surface area contributed by atoms with Crippen molar-refractivity contribution in [1.29, 1.82) is 0 Å². The summed E-state index contributed by atoms with van der Waals surface area (Å²) in [4.78, 5) is 26.9. The van der Waals surface area contributed by atoms with Crippen LogP contribution in [0.5, 0.6) is 0 Å². The molecule has 2 aromatic carbocycles. The number of rotatable bonds is 4. The molecular weight excluding hydrogens is 330 g/mol. The van der Waals surface area contributed by atoms with Crippen LogP contribution in [-0.2, 0) is 4.79 Å². The van der Waals surface area contributed by atoms with Crippen LogP contribution in [0.15, 0.2) is 48.5 Å². The summed E-state index contributed by atoms with van der Waals surface area (Å²) in [6, 6.07) is 14.3. The van der Waals surface area contributed by atoms with Gasteiger partial charge in [-0.3, -0.25) is 9.59 Å². The van der Waals surface area contributed by atoms with Crippen LogP contribution in [0.25, 0.3) is 10.2 Å². The molecule has 0 spiro atoms. The van der Waals surface area contributed by atoms with E-state index in [1.165, 1.54) is 11.3 Å². The van der Waals surface area contributed by atoms with E-state index in [1.807, 2.05) is 18.2 Å². The molecule has 116 valence electrons. The van der Waals surface area contributed by atoms with Gasteiger partial charge < -0.3 is 15.6 Å². The molecule has 0 saturated heterocycles. The Balaban J connectivity index is 1.60. The maximum atomic E-state index is 11.9. The van der Waals surface area contributed by atoms with Gasteiger partial charge in [-0.15, -0.1) is 11.3 Å². The molecule has 5 nitrogen and oxygen atoms in total. The summed E-state index contributed by atoms with van der Waals surface area (Å²) in [7, 11) is 0. The maximum absolute atomic E-state index is 11.9. The molecule has 0 fully saturated rings. The predicted molar refractivity (Wildman–Crippen MR) is 94.4 cm³/mol. The highest BCUT2D eigenvalue weighted by molar-refractivity contribution is 7.73. The van der Waals surface area contributed by atoms with Gasteiger partial charge in [0.05, 0.1) is 16.8 Å². The Morgan fingerprint density at radius 2 is 1.91 bits per heavy atom. The second kappa shape index (κ2) is 6.72. The van der Waals surface area contributed by atoms with Gasteiger partial charge in [0.15, 0.2) is 3.95 Å². The maximum Gasteiger partial charge on any atom is 0.251 e. The molecule has 1 aromatic heterocycles. The van der Waals surface area contributed by atoms with Crippen molar-refractivity contribution in [3.63, 3.8) is 0 Å². The second-order valence-electron chi connectivity index (χ2n) is 4.82. The van der Waals surface area contributed by atoms with E-state index in [2.05, 4.69) is 15.6 Å². The fourth-order valence-corrected chi connectivity index (χ4v) is 3.24. The number of amides is 2. The third kappa shape index (κ3) is 3.82. The third-order valence-electron chi connectivity index (χ3n) is 3.15. The average Bonchev–Trinajstić information content (AvgIpc) is 2.92. The summed E-state index contributed by atoms with van der Waals surface area (Å²) in [5.74, 6) is -0.562. The molecule has 0 aliphatic heterocycles. The molecule has 0 bridgehead atoms. The molecule has 0 aliphatic carbocycles. The number of aromatic nitrogens is 1. The first-order valence-electron chi connectivity index (χ1n) is 6.88. The predicted octanol–water partition coefficient (Wildman–Crippen LogP) is 3.33. The lowest BCUT2D eigenvalue weighted by atomic mass is 10.2. The van der Waals surface area contributed by atoms with Crippen molar-refractivity contribution in [1.82, 2.24) is 10.3 Å². The summed E-state index contributed by atoms with van der Waals surface area (Å²) >= 11 is 6.54. The molecule has 23 heavy (non-hydrogen) atoms. The Morgan fingerprint density at radius 3 is 2.70 bits per heavy atom. The lowest BCUT2D eigenvalue weighted by Gasteiger charge is -2.07. The molecule has 0 unspecified atom stereocenters.